The molecule has 0 amide bonds. The molecule has 2 heteroatoms. The standard InChI is InChI=1S/C26H28ClN/c1-17(2)21-11-14-23(18(3)4)26(15-21)28-16-25-19(5)7-6-8-24(25)20-9-12-22(27)13-10-20/h6-18H,1-5H3. The zero-order chi connectivity index (χ0) is 20.3. The molecule has 3 rings (SSSR count). The second kappa shape index (κ2) is 8.75. The maximum Gasteiger partial charge on any atom is 0.0667 e. The van der Waals surface area contributed by atoms with Crippen LogP contribution < -0.4 is 0 Å². The number of aryl methyl sites for hydroxylation is 1. The Hall–Kier alpha value is -2.38. The van der Waals surface area contributed by atoms with Crippen LogP contribution in [0.25, 0.3) is 11.1 Å². The quantitative estimate of drug-likeness (QED) is 0.389. The third-order valence-corrected chi connectivity index (χ3v) is 5.41. The Morgan fingerprint density at radius 2 is 1.57 bits per heavy atom. The van der Waals surface area contributed by atoms with E-state index in [9.17, 15) is 0 Å². The highest BCUT2D eigenvalue weighted by Gasteiger charge is 2.10. The highest BCUT2D eigenvalue weighted by atomic mass is 35.5. The van der Waals surface area contributed by atoms with Gasteiger partial charge in [0, 0.05) is 16.8 Å². The summed E-state index contributed by atoms with van der Waals surface area (Å²) in [6.07, 6.45) is 2.02. The summed E-state index contributed by atoms with van der Waals surface area (Å²) in [7, 11) is 0. The molecule has 144 valence electrons. The molecule has 3 aromatic carbocycles. The molecule has 0 aliphatic rings. The van der Waals surface area contributed by atoms with Crippen molar-refractivity contribution in [2.75, 3.05) is 0 Å². The smallest absolute Gasteiger partial charge is 0.0667 e. The van der Waals surface area contributed by atoms with Crippen molar-refractivity contribution in [1.82, 2.24) is 0 Å². The van der Waals surface area contributed by atoms with Crippen LogP contribution in [-0.4, -0.2) is 6.21 Å². The molecule has 0 aliphatic heterocycles. The van der Waals surface area contributed by atoms with E-state index >= 15 is 0 Å². The van der Waals surface area contributed by atoms with Gasteiger partial charge in [-0.15, -0.1) is 0 Å². The van der Waals surface area contributed by atoms with Crippen LogP contribution in [-0.2, 0) is 0 Å². The molecule has 0 radical (unpaired) electrons. The predicted molar refractivity (Wildman–Crippen MR) is 123 cm³/mol. The van der Waals surface area contributed by atoms with Crippen LogP contribution in [0.2, 0.25) is 5.02 Å². The molecule has 0 unspecified atom stereocenters. The molecule has 0 aliphatic carbocycles. The molecule has 0 N–H and O–H groups in total. The number of nitrogens with zero attached hydrogens (tertiary/aromatic N) is 1. The summed E-state index contributed by atoms with van der Waals surface area (Å²) >= 11 is 6.07. The summed E-state index contributed by atoms with van der Waals surface area (Å²) in [5, 5.41) is 0.749. The molecule has 3 aromatic rings. The molecule has 0 bridgehead atoms. The summed E-state index contributed by atoms with van der Waals surface area (Å²) in [6, 6.07) is 21.1. The topological polar surface area (TPSA) is 12.4 Å². The molecule has 0 spiro atoms. The largest absolute Gasteiger partial charge is 0.256 e. The number of hydrogen-bond acceptors (Lipinski definition) is 1. The van der Waals surface area contributed by atoms with Crippen LogP contribution in [0.1, 0.15) is 61.8 Å². The Morgan fingerprint density at radius 3 is 2.21 bits per heavy atom. The van der Waals surface area contributed by atoms with Gasteiger partial charge in [-0.2, -0.15) is 0 Å². The molecule has 0 atom stereocenters. The van der Waals surface area contributed by atoms with Crippen molar-refractivity contribution in [3.8, 4) is 11.1 Å². The number of halogens is 1. The third kappa shape index (κ3) is 4.54. The van der Waals surface area contributed by atoms with Crippen LogP contribution in [0, 0.1) is 6.92 Å². The van der Waals surface area contributed by atoms with Gasteiger partial charge in [-0.05, 0) is 64.8 Å². The summed E-state index contributed by atoms with van der Waals surface area (Å²) in [4.78, 5) is 4.95. The van der Waals surface area contributed by atoms with E-state index < -0.39 is 0 Å². The van der Waals surface area contributed by atoms with Gasteiger partial charge in [0.25, 0.3) is 0 Å². The maximum atomic E-state index is 6.07. The van der Waals surface area contributed by atoms with E-state index in [1.807, 2.05) is 18.3 Å². The summed E-state index contributed by atoms with van der Waals surface area (Å²) in [5.74, 6) is 0.916. The molecular weight excluding hydrogens is 362 g/mol. The molecular formula is C26H28ClN. The lowest BCUT2D eigenvalue weighted by atomic mass is 9.95. The van der Waals surface area contributed by atoms with Crippen molar-refractivity contribution < 1.29 is 0 Å². The lowest BCUT2D eigenvalue weighted by Crippen LogP contribution is -1.95. The van der Waals surface area contributed by atoms with Crippen molar-refractivity contribution in [2.45, 2.75) is 46.5 Å². The van der Waals surface area contributed by atoms with Crippen molar-refractivity contribution in [2.24, 2.45) is 4.99 Å². The molecule has 0 saturated carbocycles. The summed E-state index contributed by atoms with van der Waals surface area (Å²) in [5.41, 5.74) is 8.34. The minimum Gasteiger partial charge on any atom is -0.256 e. The minimum absolute atomic E-state index is 0.431. The fourth-order valence-electron chi connectivity index (χ4n) is 3.39. The normalized spacial score (nSPS) is 11.7. The van der Waals surface area contributed by atoms with Gasteiger partial charge in [-0.25, -0.2) is 0 Å². The molecule has 0 fully saturated rings. The molecule has 1 nitrogen and oxygen atoms in total. The van der Waals surface area contributed by atoms with E-state index in [0.717, 1.165) is 21.8 Å². The summed E-state index contributed by atoms with van der Waals surface area (Å²) in [6.45, 7) is 11.0. The Morgan fingerprint density at radius 1 is 0.857 bits per heavy atom. The average Bonchev–Trinajstić information content (AvgIpc) is 2.67. The zero-order valence-electron chi connectivity index (χ0n) is 17.3. The van der Waals surface area contributed by atoms with E-state index in [1.165, 1.54) is 22.3 Å². The Labute approximate surface area is 174 Å². The minimum atomic E-state index is 0.431. The first-order valence-electron chi connectivity index (χ1n) is 9.90. The number of aliphatic imine (C=N–C) groups is 1. The fraction of sp³-hybridized carbons (Fsp3) is 0.269. The van der Waals surface area contributed by atoms with Crippen LogP contribution in [0.3, 0.4) is 0 Å². The van der Waals surface area contributed by atoms with E-state index in [2.05, 4.69) is 83.1 Å². The van der Waals surface area contributed by atoms with E-state index in [4.69, 9.17) is 16.6 Å². The van der Waals surface area contributed by atoms with E-state index in [-0.39, 0.29) is 0 Å². The van der Waals surface area contributed by atoms with Crippen molar-refractivity contribution >= 4 is 23.5 Å². The first-order valence-corrected chi connectivity index (χ1v) is 10.3. The van der Waals surface area contributed by atoms with Gasteiger partial charge in [-0.3, -0.25) is 4.99 Å². The highest BCUT2D eigenvalue weighted by Crippen LogP contribution is 2.32. The van der Waals surface area contributed by atoms with E-state index in [1.54, 1.807) is 0 Å². The Bertz CT molecular complexity index is 982. The zero-order valence-corrected chi connectivity index (χ0v) is 18.1. The molecule has 28 heavy (non-hydrogen) atoms. The Balaban J connectivity index is 2.08. The monoisotopic (exact) mass is 389 g/mol. The van der Waals surface area contributed by atoms with Gasteiger partial charge in [0.15, 0.2) is 0 Å². The van der Waals surface area contributed by atoms with Crippen LogP contribution in [0.5, 0.6) is 0 Å². The highest BCUT2D eigenvalue weighted by molar-refractivity contribution is 6.30. The van der Waals surface area contributed by atoms with Crippen molar-refractivity contribution in [3.63, 3.8) is 0 Å². The number of hydrogen-bond donors (Lipinski definition) is 0. The lowest BCUT2D eigenvalue weighted by Gasteiger charge is -2.14. The molecule has 0 aromatic heterocycles. The number of rotatable bonds is 5. The van der Waals surface area contributed by atoms with Crippen LogP contribution in [0.4, 0.5) is 5.69 Å². The van der Waals surface area contributed by atoms with Crippen LogP contribution in [0.15, 0.2) is 65.7 Å². The first kappa shape index (κ1) is 20.4. The SMILES string of the molecule is Cc1cccc(-c2ccc(Cl)cc2)c1C=Nc1cc(C(C)C)ccc1C(C)C. The first-order chi connectivity index (χ1) is 13.4. The number of benzene rings is 3. The van der Waals surface area contributed by atoms with E-state index in [0.29, 0.717) is 11.8 Å². The van der Waals surface area contributed by atoms with Crippen LogP contribution >= 0.6 is 11.6 Å². The maximum absolute atomic E-state index is 6.07. The van der Waals surface area contributed by atoms with Crippen molar-refractivity contribution in [3.05, 3.63) is 87.9 Å². The second-order valence-corrected chi connectivity index (χ2v) is 8.37. The van der Waals surface area contributed by atoms with Gasteiger partial charge in [-0.1, -0.05) is 81.8 Å². The fourth-order valence-corrected chi connectivity index (χ4v) is 3.51. The van der Waals surface area contributed by atoms with Gasteiger partial charge < -0.3 is 0 Å². The lowest BCUT2D eigenvalue weighted by molar-refractivity contribution is 0.845. The second-order valence-electron chi connectivity index (χ2n) is 7.93. The summed E-state index contributed by atoms with van der Waals surface area (Å²) < 4.78 is 0. The van der Waals surface area contributed by atoms with Gasteiger partial charge in [0.05, 0.1) is 5.69 Å². The molecule has 0 saturated heterocycles. The van der Waals surface area contributed by atoms with Gasteiger partial charge >= 0.3 is 0 Å². The van der Waals surface area contributed by atoms with Crippen molar-refractivity contribution in [1.29, 1.82) is 0 Å². The predicted octanol–water partition coefficient (Wildman–Crippen LogP) is 8.31. The van der Waals surface area contributed by atoms with Gasteiger partial charge in [0.2, 0.25) is 0 Å². The Kier molecular flexibility index (Phi) is 6.36. The third-order valence-electron chi connectivity index (χ3n) is 5.16. The molecule has 0 heterocycles. The average molecular weight is 390 g/mol. The van der Waals surface area contributed by atoms with Gasteiger partial charge in [0.1, 0.15) is 0 Å².